The number of rotatable bonds is 7. The van der Waals surface area contributed by atoms with Crippen LogP contribution < -0.4 is 15.4 Å². The van der Waals surface area contributed by atoms with Gasteiger partial charge in [0.05, 0.1) is 29.3 Å². The lowest BCUT2D eigenvalue weighted by Gasteiger charge is -2.12. The molecule has 0 aliphatic heterocycles. The highest BCUT2D eigenvalue weighted by Gasteiger charge is 2.12. The zero-order valence-corrected chi connectivity index (χ0v) is 16.9. The van der Waals surface area contributed by atoms with Crippen LogP contribution in [0.15, 0.2) is 30.3 Å². The molecule has 2 rings (SSSR count). The third kappa shape index (κ3) is 6.30. The number of hydrogen-bond donors (Lipinski definition) is 2. The predicted molar refractivity (Wildman–Crippen MR) is 109 cm³/mol. The number of methoxy groups -OCH3 is 1. The van der Waals surface area contributed by atoms with Gasteiger partial charge in [0.1, 0.15) is 11.6 Å². The zero-order chi connectivity index (χ0) is 20.0. The van der Waals surface area contributed by atoms with Gasteiger partial charge in [-0.2, -0.15) is 0 Å². The minimum absolute atomic E-state index is 0.0548. The Morgan fingerprint density at radius 2 is 1.74 bits per heavy atom. The molecular formula is C18H17Cl2FN2O3S. The molecule has 27 heavy (non-hydrogen) atoms. The number of anilines is 2. The summed E-state index contributed by atoms with van der Waals surface area (Å²) in [5, 5.41) is 5.78. The first-order valence-electron chi connectivity index (χ1n) is 7.76. The number of carbonyl (C=O) groups excluding carboxylic acids is 2. The van der Waals surface area contributed by atoms with Crippen LogP contribution in [0, 0.1) is 12.7 Å². The highest BCUT2D eigenvalue weighted by molar-refractivity contribution is 8.00. The molecular weight excluding hydrogens is 414 g/mol. The minimum atomic E-state index is -0.562. The van der Waals surface area contributed by atoms with E-state index in [0.29, 0.717) is 22.1 Å². The predicted octanol–water partition coefficient (Wildman–Crippen LogP) is 4.76. The Labute approximate surface area is 170 Å². The van der Waals surface area contributed by atoms with E-state index >= 15 is 0 Å². The molecule has 0 spiro atoms. The molecule has 0 aliphatic rings. The molecule has 5 nitrogen and oxygen atoms in total. The van der Waals surface area contributed by atoms with E-state index in [-0.39, 0.29) is 28.3 Å². The second-order valence-electron chi connectivity index (χ2n) is 5.52. The van der Waals surface area contributed by atoms with Crippen molar-refractivity contribution in [2.75, 3.05) is 29.2 Å². The normalized spacial score (nSPS) is 10.4. The number of thioether (sulfide) groups is 1. The van der Waals surface area contributed by atoms with Crippen molar-refractivity contribution in [1.29, 1.82) is 0 Å². The quantitative estimate of drug-likeness (QED) is 0.664. The van der Waals surface area contributed by atoms with E-state index in [1.165, 1.54) is 25.3 Å². The van der Waals surface area contributed by atoms with E-state index < -0.39 is 5.82 Å². The highest BCUT2D eigenvalue weighted by atomic mass is 35.5. The van der Waals surface area contributed by atoms with Crippen molar-refractivity contribution in [3.63, 3.8) is 0 Å². The molecule has 2 amide bonds. The molecule has 0 unspecified atom stereocenters. The molecule has 0 radical (unpaired) electrons. The van der Waals surface area contributed by atoms with Crippen LogP contribution in [-0.2, 0) is 9.59 Å². The third-order valence-electron chi connectivity index (χ3n) is 3.42. The summed E-state index contributed by atoms with van der Waals surface area (Å²) >= 11 is 12.8. The van der Waals surface area contributed by atoms with Crippen molar-refractivity contribution in [3.05, 3.63) is 51.8 Å². The van der Waals surface area contributed by atoms with Gasteiger partial charge in [0.15, 0.2) is 0 Å². The molecule has 0 aliphatic carbocycles. The summed E-state index contributed by atoms with van der Waals surface area (Å²) < 4.78 is 18.3. The maximum atomic E-state index is 13.1. The first kappa shape index (κ1) is 21.3. The summed E-state index contributed by atoms with van der Waals surface area (Å²) in [7, 11) is 1.48. The Hall–Kier alpha value is -1.96. The monoisotopic (exact) mass is 430 g/mol. The van der Waals surface area contributed by atoms with Gasteiger partial charge >= 0.3 is 0 Å². The Morgan fingerprint density at radius 1 is 1.07 bits per heavy atom. The lowest BCUT2D eigenvalue weighted by Crippen LogP contribution is -2.18. The number of aryl methyl sites for hydroxylation is 1. The van der Waals surface area contributed by atoms with Crippen molar-refractivity contribution < 1.29 is 18.7 Å². The number of halogens is 3. The van der Waals surface area contributed by atoms with Gasteiger partial charge in [0.25, 0.3) is 0 Å². The maximum absolute atomic E-state index is 13.1. The average molecular weight is 431 g/mol. The fraction of sp³-hybridized carbons (Fsp3) is 0.222. The first-order valence-corrected chi connectivity index (χ1v) is 9.68. The third-order valence-corrected chi connectivity index (χ3v) is 5.05. The Bertz CT molecular complexity index is 865. The number of hydrogen-bond acceptors (Lipinski definition) is 4. The number of ether oxygens (including phenoxy) is 1. The molecule has 2 aromatic carbocycles. The summed E-state index contributed by atoms with van der Waals surface area (Å²) in [5.41, 5.74) is 1.70. The molecule has 0 heterocycles. The van der Waals surface area contributed by atoms with Crippen LogP contribution in [0.2, 0.25) is 10.0 Å². The van der Waals surface area contributed by atoms with E-state index in [1.54, 1.807) is 12.1 Å². The van der Waals surface area contributed by atoms with Gasteiger partial charge in [-0.3, -0.25) is 9.59 Å². The van der Waals surface area contributed by atoms with Gasteiger partial charge in [-0.15, -0.1) is 11.8 Å². The fourth-order valence-electron chi connectivity index (χ4n) is 2.12. The molecule has 0 saturated carbocycles. The van der Waals surface area contributed by atoms with Crippen LogP contribution in [0.1, 0.15) is 5.56 Å². The van der Waals surface area contributed by atoms with Crippen molar-refractivity contribution >= 4 is 58.2 Å². The topological polar surface area (TPSA) is 67.4 Å². The average Bonchev–Trinajstić information content (AvgIpc) is 2.61. The van der Waals surface area contributed by atoms with Crippen molar-refractivity contribution in [2.24, 2.45) is 0 Å². The Balaban J connectivity index is 1.83. The molecule has 0 aromatic heterocycles. The molecule has 2 aromatic rings. The summed E-state index contributed by atoms with van der Waals surface area (Å²) in [5.74, 6) is -0.585. The van der Waals surface area contributed by atoms with E-state index in [0.717, 1.165) is 17.3 Å². The summed E-state index contributed by atoms with van der Waals surface area (Å²) in [6.07, 6.45) is 0. The van der Waals surface area contributed by atoms with Crippen molar-refractivity contribution in [3.8, 4) is 5.75 Å². The maximum Gasteiger partial charge on any atom is 0.234 e. The molecule has 0 saturated heterocycles. The molecule has 144 valence electrons. The highest BCUT2D eigenvalue weighted by Crippen LogP contribution is 2.31. The van der Waals surface area contributed by atoms with E-state index in [4.69, 9.17) is 27.9 Å². The van der Waals surface area contributed by atoms with E-state index in [1.807, 2.05) is 6.92 Å². The minimum Gasteiger partial charge on any atom is -0.495 e. The lowest BCUT2D eigenvalue weighted by atomic mass is 10.2. The van der Waals surface area contributed by atoms with Gasteiger partial charge in [-0.1, -0.05) is 23.2 Å². The number of benzene rings is 2. The molecule has 0 bridgehead atoms. The number of amides is 2. The van der Waals surface area contributed by atoms with Gasteiger partial charge < -0.3 is 15.4 Å². The summed E-state index contributed by atoms with van der Waals surface area (Å²) in [6, 6.07) is 7.24. The largest absolute Gasteiger partial charge is 0.495 e. The zero-order valence-electron chi connectivity index (χ0n) is 14.6. The van der Waals surface area contributed by atoms with Crippen LogP contribution in [0.5, 0.6) is 5.75 Å². The Morgan fingerprint density at radius 3 is 2.37 bits per heavy atom. The van der Waals surface area contributed by atoms with Crippen LogP contribution >= 0.6 is 35.0 Å². The van der Waals surface area contributed by atoms with Crippen LogP contribution in [0.3, 0.4) is 0 Å². The lowest BCUT2D eigenvalue weighted by molar-refractivity contribution is -0.114. The molecule has 0 fully saturated rings. The summed E-state index contributed by atoms with van der Waals surface area (Å²) in [4.78, 5) is 24.0. The van der Waals surface area contributed by atoms with E-state index in [9.17, 15) is 14.0 Å². The van der Waals surface area contributed by atoms with Crippen LogP contribution in [0.25, 0.3) is 0 Å². The van der Waals surface area contributed by atoms with Crippen molar-refractivity contribution in [2.45, 2.75) is 6.92 Å². The smallest absolute Gasteiger partial charge is 0.234 e. The van der Waals surface area contributed by atoms with Gasteiger partial charge in [0, 0.05) is 16.8 Å². The van der Waals surface area contributed by atoms with Crippen molar-refractivity contribution in [1.82, 2.24) is 0 Å². The molecule has 2 N–H and O–H groups in total. The van der Waals surface area contributed by atoms with Crippen LogP contribution in [0.4, 0.5) is 15.8 Å². The van der Waals surface area contributed by atoms with Gasteiger partial charge in [0.2, 0.25) is 11.8 Å². The van der Waals surface area contributed by atoms with Gasteiger partial charge in [-0.25, -0.2) is 4.39 Å². The fourth-order valence-corrected chi connectivity index (χ4v) is 3.07. The van der Waals surface area contributed by atoms with Gasteiger partial charge in [-0.05, 0) is 36.8 Å². The second-order valence-corrected chi connectivity index (χ2v) is 7.32. The van der Waals surface area contributed by atoms with Crippen LogP contribution in [-0.4, -0.2) is 30.4 Å². The molecule has 0 atom stereocenters. The Kier molecular flexibility index (Phi) is 7.77. The van der Waals surface area contributed by atoms with E-state index in [2.05, 4.69) is 10.6 Å². The number of nitrogens with one attached hydrogen (secondary N) is 2. The first-order chi connectivity index (χ1) is 12.8. The standard InChI is InChI=1S/C18H17Cl2FN2O3S/c1-10-5-15(16(26-2)7-12(10)19)23-18(25)9-27-8-17(24)22-11-3-4-14(21)13(20)6-11/h3-7H,8-9H2,1-2H3,(H,22,24)(H,23,25). The second kappa shape index (κ2) is 9.82. The SMILES string of the molecule is COc1cc(Cl)c(C)cc1NC(=O)CSCC(=O)Nc1ccc(F)c(Cl)c1. The number of carbonyl (C=O) groups is 2. The summed E-state index contributed by atoms with van der Waals surface area (Å²) in [6.45, 7) is 1.82. The molecule has 9 heteroatoms.